The van der Waals surface area contributed by atoms with Gasteiger partial charge in [0.15, 0.2) is 0 Å². The van der Waals surface area contributed by atoms with E-state index in [-0.39, 0.29) is 0 Å². The molecule has 1 heterocycles. The van der Waals surface area contributed by atoms with E-state index in [1.807, 2.05) is 0 Å². The smallest absolute Gasteiger partial charge is 0.119 e. The zero-order valence-corrected chi connectivity index (χ0v) is 14.5. The first-order valence-corrected chi connectivity index (χ1v) is 8.98. The zero-order chi connectivity index (χ0) is 15.2. The van der Waals surface area contributed by atoms with Crippen molar-refractivity contribution < 1.29 is 4.74 Å². The van der Waals surface area contributed by atoms with Gasteiger partial charge < -0.3 is 10.1 Å². The summed E-state index contributed by atoms with van der Waals surface area (Å²) in [6, 6.07) is 7.41. The van der Waals surface area contributed by atoms with E-state index in [1.165, 1.54) is 29.2 Å². The minimum atomic E-state index is 0.397. The summed E-state index contributed by atoms with van der Waals surface area (Å²) in [4.78, 5) is 2.51. The Hall–Kier alpha value is -0.710. The van der Waals surface area contributed by atoms with Crippen LogP contribution in [0.1, 0.15) is 30.5 Å². The van der Waals surface area contributed by atoms with Crippen LogP contribution in [0.4, 0.5) is 0 Å². The highest BCUT2D eigenvalue weighted by Gasteiger charge is 2.29. The molecule has 2 atom stereocenters. The molecular weight excluding hydrogens is 280 g/mol. The Morgan fingerprint density at radius 1 is 1.48 bits per heavy atom. The van der Waals surface area contributed by atoms with Gasteiger partial charge in [-0.15, -0.1) is 0 Å². The van der Waals surface area contributed by atoms with E-state index in [1.54, 1.807) is 7.11 Å². The highest BCUT2D eigenvalue weighted by molar-refractivity contribution is 7.99. The Morgan fingerprint density at radius 3 is 2.90 bits per heavy atom. The zero-order valence-electron chi connectivity index (χ0n) is 13.7. The minimum Gasteiger partial charge on any atom is -0.497 e. The van der Waals surface area contributed by atoms with Crippen molar-refractivity contribution >= 4 is 11.8 Å². The second-order valence-electron chi connectivity index (χ2n) is 5.78. The van der Waals surface area contributed by atoms with Gasteiger partial charge in [0.05, 0.1) is 7.11 Å². The third-order valence-electron chi connectivity index (χ3n) is 4.25. The molecule has 1 aliphatic heterocycles. The standard InChI is InChI=1S/C17H28N2OS/c1-5-8-18-17(16-12-21-10-9-19(16)3)15-7-6-14(20-4)11-13(15)2/h6-7,11,16-18H,5,8-10,12H2,1-4H3. The first-order valence-electron chi connectivity index (χ1n) is 7.83. The fourth-order valence-corrected chi connectivity index (χ4v) is 4.21. The van der Waals surface area contributed by atoms with Crippen LogP contribution in [0.5, 0.6) is 5.75 Å². The third-order valence-corrected chi connectivity index (χ3v) is 5.30. The molecule has 1 saturated heterocycles. The second-order valence-corrected chi connectivity index (χ2v) is 6.93. The van der Waals surface area contributed by atoms with Crippen LogP contribution in [0.25, 0.3) is 0 Å². The predicted octanol–water partition coefficient (Wildman–Crippen LogP) is 3.09. The predicted molar refractivity (Wildman–Crippen MR) is 92.5 cm³/mol. The van der Waals surface area contributed by atoms with Gasteiger partial charge in [-0.05, 0) is 50.2 Å². The first-order chi connectivity index (χ1) is 10.2. The molecule has 0 radical (unpaired) electrons. The van der Waals surface area contributed by atoms with Gasteiger partial charge in [0.1, 0.15) is 5.75 Å². The monoisotopic (exact) mass is 308 g/mol. The van der Waals surface area contributed by atoms with Crippen LogP contribution >= 0.6 is 11.8 Å². The molecule has 0 spiro atoms. The SMILES string of the molecule is CCCNC(c1ccc(OC)cc1C)C1CSCCN1C. The fourth-order valence-electron chi connectivity index (χ4n) is 2.93. The summed E-state index contributed by atoms with van der Waals surface area (Å²) in [7, 11) is 3.98. The molecule has 0 aromatic heterocycles. The number of thioether (sulfide) groups is 1. The number of rotatable bonds is 6. The van der Waals surface area contributed by atoms with Crippen molar-refractivity contribution in [2.75, 3.05) is 38.8 Å². The molecule has 4 heteroatoms. The van der Waals surface area contributed by atoms with E-state index >= 15 is 0 Å². The van der Waals surface area contributed by atoms with E-state index < -0.39 is 0 Å². The molecule has 2 unspecified atom stereocenters. The Balaban J connectivity index is 2.26. The molecule has 0 aliphatic carbocycles. The summed E-state index contributed by atoms with van der Waals surface area (Å²) in [5, 5.41) is 3.77. The second kappa shape index (κ2) is 8.06. The lowest BCUT2D eigenvalue weighted by atomic mass is 9.94. The lowest BCUT2D eigenvalue weighted by Gasteiger charge is -2.39. The van der Waals surface area contributed by atoms with Gasteiger partial charge in [-0.2, -0.15) is 11.8 Å². The molecular formula is C17H28N2OS. The lowest BCUT2D eigenvalue weighted by molar-refractivity contribution is 0.215. The summed E-state index contributed by atoms with van der Waals surface area (Å²) in [5.41, 5.74) is 2.72. The molecule has 1 aliphatic rings. The van der Waals surface area contributed by atoms with Crippen LogP contribution in [-0.4, -0.2) is 49.7 Å². The Kier molecular flexibility index (Phi) is 6.40. The van der Waals surface area contributed by atoms with Crippen molar-refractivity contribution in [1.29, 1.82) is 0 Å². The number of likely N-dealkylation sites (N-methyl/N-ethyl adjacent to an activating group) is 1. The summed E-state index contributed by atoms with van der Waals surface area (Å²) in [6.45, 7) is 6.65. The molecule has 0 bridgehead atoms. The molecule has 0 saturated carbocycles. The molecule has 21 heavy (non-hydrogen) atoms. The molecule has 1 aromatic carbocycles. The first kappa shape index (κ1) is 16.7. The van der Waals surface area contributed by atoms with Crippen LogP contribution in [0.3, 0.4) is 0 Å². The van der Waals surface area contributed by atoms with Gasteiger partial charge in [-0.25, -0.2) is 0 Å². The number of ether oxygens (including phenoxy) is 1. The maximum absolute atomic E-state index is 5.34. The van der Waals surface area contributed by atoms with Crippen molar-refractivity contribution in [3.63, 3.8) is 0 Å². The number of methoxy groups -OCH3 is 1. The molecule has 3 nitrogen and oxygen atoms in total. The van der Waals surface area contributed by atoms with E-state index in [2.05, 4.69) is 61.1 Å². The quantitative estimate of drug-likeness (QED) is 0.873. The van der Waals surface area contributed by atoms with E-state index in [9.17, 15) is 0 Å². The molecule has 1 N–H and O–H groups in total. The lowest BCUT2D eigenvalue weighted by Crippen LogP contribution is -2.48. The van der Waals surface area contributed by atoms with Crippen molar-refractivity contribution in [2.24, 2.45) is 0 Å². The number of benzene rings is 1. The minimum absolute atomic E-state index is 0.397. The van der Waals surface area contributed by atoms with Gasteiger partial charge in [-0.3, -0.25) is 4.90 Å². The third kappa shape index (κ3) is 4.15. The average molecular weight is 308 g/mol. The number of hydrogen-bond donors (Lipinski definition) is 1. The molecule has 1 aromatic rings. The van der Waals surface area contributed by atoms with Crippen molar-refractivity contribution in [3.8, 4) is 5.75 Å². The van der Waals surface area contributed by atoms with Gasteiger partial charge in [0.25, 0.3) is 0 Å². The van der Waals surface area contributed by atoms with Crippen LogP contribution in [0.15, 0.2) is 18.2 Å². The highest BCUT2D eigenvalue weighted by atomic mass is 32.2. The number of aryl methyl sites for hydroxylation is 1. The number of nitrogens with one attached hydrogen (secondary N) is 1. The van der Waals surface area contributed by atoms with Crippen LogP contribution in [-0.2, 0) is 0 Å². The Labute approximate surface area is 133 Å². The Morgan fingerprint density at radius 2 is 2.29 bits per heavy atom. The summed E-state index contributed by atoms with van der Waals surface area (Å²) in [6.07, 6.45) is 1.16. The maximum atomic E-state index is 5.34. The molecule has 1 fully saturated rings. The Bertz CT molecular complexity index is 452. The van der Waals surface area contributed by atoms with E-state index in [4.69, 9.17) is 4.74 Å². The highest BCUT2D eigenvalue weighted by Crippen LogP contribution is 2.30. The number of nitrogens with zero attached hydrogens (tertiary/aromatic N) is 1. The van der Waals surface area contributed by atoms with Crippen LogP contribution in [0, 0.1) is 6.92 Å². The van der Waals surface area contributed by atoms with Gasteiger partial charge >= 0.3 is 0 Å². The van der Waals surface area contributed by atoms with Gasteiger partial charge in [0, 0.05) is 30.1 Å². The van der Waals surface area contributed by atoms with Crippen LogP contribution in [0.2, 0.25) is 0 Å². The van der Waals surface area contributed by atoms with E-state index in [0.29, 0.717) is 12.1 Å². The molecule has 118 valence electrons. The van der Waals surface area contributed by atoms with Gasteiger partial charge in [0.2, 0.25) is 0 Å². The fraction of sp³-hybridized carbons (Fsp3) is 0.647. The average Bonchev–Trinajstić information content (AvgIpc) is 2.50. The summed E-state index contributed by atoms with van der Waals surface area (Å²) in [5.74, 6) is 3.38. The van der Waals surface area contributed by atoms with E-state index in [0.717, 1.165) is 18.7 Å². The van der Waals surface area contributed by atoms with Crippen molar-refractivity contribution in [1.82, 2.24) is 10.2 Å². The van der Waals surface area contributed by atoms with Crippen molar-refractivity contribution in [2.45, 2.75) is 32.4 Å². The maximum Gasteiger partial charge on any atom is 0.119 e. The van der Waals surface area contributed by atoms with Gasteiger partial charge in [-0.1, -0.05) is 13.0 Å². The largest absolute Gasteiger partial charge is 0.497 e. The summed E-state index contributed by atoms with van der Waals surface area (Å²) >= 11 is 2.07. The van der Waals surface area contributed by atoms with Crippen LogP contribution < -0.4 is 10.1 Å². The molecule has 0 amide bonds. The normalized spacial score (nSPS) is 21.2. The van der Waals surface area contributed by atoms with Crippen molar-refractivity contribution in [3.05, 3.63) is 29.3 Å². The topological polar surface area (TPSA) is 24.5 Å². The summed E-state index contributed by atoms with van der Waals surface area (Å²) < 4.78 is 5.34. The molecule has 2 rings (SSSR count). The number of hydrogen-bond acceptors (Lipinski definition) is 4.